The summed E-state index contributed by atoms with van der Waals surface area (Å²) < 4.78 is 0. The van der Waals surface area contributed by atoms with Gasteiger partial charge >= 0.3 is 0 Å². The third kappa shape index (κ3) is 3.43. The molecule has 0 aliphatic carbocycles. The Morgan fingerprint density at radius 3 is 2.27 bits per heavy atom. The Hall–Kier alpha value is -2.39. The smallest absolute Gasteiger partial charge is 0.268 e. The first-order valence-electron chi connectivity index (χ1n) is 7.37. The predicted molar refractivity (Wildman–Crippen MR) is 90.1 cm³/mol. The van der Waals surface area contributed by atoms with E-state index in [-0.39, 0.29) is 17.9 Å². The predicted octanol–water partition coefficient (Wildman–Crippen LogP) is 3.87. The molecule has 0 fully saturated rings. The van der Waals surface area contributed by atoms with Crippen molar-refractivity contribution in [3.63, 3.8) is 0 Å². The minimum absolute atomic E-state index is 0.0420. The molecule has 0 saturated carbocycles. The van der Waals surface area contributed by atoms with Crippen molar-refractivity contribution >= 4 is 5.91 Å². The lowest BCUT2D eigenvalue weighted by atomic mass is 9.93. The van der Waals surface area contributed by atoms with E-state index in [2.05, 4.69) is 6.58 Å². The lowest BCUT2D eigenvalue weighted by Gasteiger charge is -2.31. The highest BCUT2D eigenvalue weighted by atomic mass is 16.2. The average molecular weight is 294 g/mol. The van der Waals surface area contributed by atoms with Crippen LogP contribution in [0.3, 0.4) is 0 Å². The molecule has 0 aliphatic rings. The van der Waals surface area contributed by atoms with Crippen LogP contribution in [-0.4, -0.2) is 10.9 Å². The SMILES string of the molecule is C=C[C@@H](C)[C@H](c1ccc(C)cc1)N(N)C(=O)c1ccccc1. The van der Waals surface area contributed by atoms with Gasteiger partial charge in [0.05, 0.1) is 6.04 Å². The molecule has 3 nitrogen and oxygen atoms in total. The number of nitrogens with zero attached hydrogens (tertiary/aromatic N) is 1. The molecule has 114 valence electrons. The van der Waals surface area contributed by atoms with Crippen LogP contribution in [0.1, 0.15) is 34.5 Å². The van der Waals surface area contributed by atoms with Crippen molar-refractivity contribution < 1.29 is 4.79 Å². The summed E-state index contributed by atoms with van der Waals surface area (Å²) in [6.07, 6.45) is 1.82. The second-order valence-electron chi connectivity index (χ2n) is 5.53. The van der Waals surface area contributed by atoms with E-state index in [0.717, 1.165) is 5.56 Å². The first-order chi connectivity index (χ1) is 10.5. The third-order valence-electron chi connectivity index (χ3n) is 3.84. The van der Waals surface area contributed by atoms with E-state index in [1.807, 2.05) is 62.4 Å². The number of aryl methyl sites for hydroxylation is 1. The Morgan fingerprint density at radius 1 is 1.14 bits per heavy atom. The van der Waals surface area contributed by atoms with E-state index >= 15 is 0 Å². The highest BCUT2D eigenvalue weighted by molar-refractivity contribution is 5.94. The van der Waals surface area contributed by atoms with Gasteiger partial charge in [0.25, 0.3) is 5.91 Å². The van der Waals surface area contributed by atoms with Gasteiger partial charge in [-0.3, -0.25) is 9.80 Å². The Labute approximate surface area is 132 Å². The van der Waals surface area contributed by atoms with Crippen molar-refractivity contribution in [2.45, 2.75) is 19.9 Å². The molecule has 0 saturated heterocycles. The number of hydrogen-bond donors (Lipinski definition) is 1. The molecular weight excluding hydrogens is 272 g/mol. The summed E-state index contributed by atoms with van der Waals surface area (Å²) in [7, 11) is 0. The van der Waals surface area contributed by atoms with Crippen molar-refractivity contribution in [2.24, 2.45) is 11.8 Å². The Morgan fingerprint density at radius 2 is 1.73 bits per heavy atom. The summed E-state index contributed by atoms with van der Waals surface area (Å²) in [5, 5.41) is 1.31. The molecule has 0 aromatic heterocycles. The lowest BCUT2D eigenvalue weighted by molar-refractivity contribution is 0.0637. The molecule has 2 aromatic rings. The molecule has 0 aliphatic heterocycles. The maximum absolute atomic E-state index is 12.6. The fourth-order valence-electron chi connectivity index (χ4n) is 2.47. The van der Waals surface area contributed by atoms with Gasteiger partial charge in [0, 0.05) is 5.56 Å². The normalized spacial score (nSPS) is 13.2. The molecule has 0 unspecified atom stereocenters. The molecule has 0 radical (unpaired) electrons. The largest absolute Gasteiger partial charge is 0.268 e. The number of carbonyl (C=O) groups excluding carboxylic acids is 1. The average Bonchev–Trinajstić information content (AvgIpc) is 2.56. The molecule has 0 spiro atoms. The first-order valence-corrected chi connectivity index (χ1v) is 7.37. The van der Waals surface area contributed by atoms with Gasteiger partial charge in [-0.15, -0.1) is 6.58 Å². The van der Waals surface area contributed by atoms with E-state index in [9.17, 15) is 4.79 Å². The highest BCUT2D eigenvalue weighted by Gasteiger charge is 2.27. The fourth-order valence-corrected chi connectivity index (χ4v) is 2.47. The van der Waals surface area contributed by atoms with Gasteiger partial charge in [0.2, 0.25) is 0 Å². The Balaban J connectivity index is 2.35. The molecule has 22 heavy (non-hydrogen) atoms. The van der Waals surface area contributed by atoms with Gasteiger partial charge in [0.15, 0.2) is 0 Å². The molecule has 2 rings (SSSR count). The van der Waals surface area contributed by atoms with Crippen LogP contribution in [0.15, 0.2) is 67.3 Å². The minimum Gasteiger partial charge on any atom is -0.268 e. The van der Waals surface area contributed by atoms with Crippen LogP contribution in [0.2, 0.25) is 0 Å². The van der Waals surface area contributed by atoms with E-state index in [1.54, 1.807) is 12.1 Å². The topological polar surface area (TPSA) is 46.3 Å². The number of hydrazine groups is 1. The van der Waals surface area contributed by atoms with Crippen molar-refractivity contribution in [1.82, 2.24) is 5.01 Å². The van der Waals surface area contributed by atoms with Gasteiger partial charge in [-0.05, 0) is 30.5 Å². The molecular formula is C19H22N2O. The van der Waals surface area contributed by atoms with E-state index in [0.29, 0.717) is 5.56 Å². The summed E-state index contributed by atoms with van der Waals surface area (Å²) in [5.74, 6) is 6.02. The maximum atomic E-state index is 12.6. The monoisotopic (exact) mass is 294 g/mol. The van der Waals surface area contributed by atoms with E-state index < -0.39 is 0 Å². The first kappa shape index (κ1) is 16.0. The number of amides is 1. The van der Waals surface area contributed by atoms with Crippen LogP contribution in [0.25, 0.3) is 0 Å². The van der Waals surface area contributed by atoms with Gasteiger partial charge in [-0.1, -0.05) is 61.0 Å². The quantitative estimate of drug-likeness (QED) is 0.394. The van der Waals surface area contributed by atoms with Crippen molar-refractivity contribution in [1.29, 1.82) is 0 Å². The zero-order valence-corrected chi connectivity index (χ0v) is 13.1. The molecule has 2 aromatic carbocycles. The molecule has 0 heterocycles. The Bertz CT molecular complexity index is 634. The van der Waals surface area contributed by atoms with Crippen molar-refractivity contribution in [2.75, 3.05) is 0 Å². The van der Waals surface area contributed by atoms with Gasteiger partial charge in [0.1, 0.15) is 0 Å². The number of rotatable bonds is 5. The van der Waals surface area contributed by atoms with Crippen LogP contribution in [0.5, 0.6) is 0 Å². The van der Waals surface area contributed by atoms with E-state index in [4.69, 9.17) is 5.84 Å². The van der Waals surface area contributed by atoms with E-state index in [1.165, 1.54) is 10.6 Å². The van der Waals surface area contributed by atoms with Crippen molar-refractivity contribution in [3.8, 4) is 0 Å². The number of hydrogen-bond acceptors (Lipinski definition) is 2. The second-order valence-corrected chi connectivity index (χ2v) is 5.53. The number of benzene rings is 2. The minimum atomic E-state index is -0.245. The summed E-state index contributed by atoms with van der Waals surface area (Å²) >= 11 is 0. The van der Waals surface area contributed by atoms with Crippen LogP contribution in [-0.2, 0) is 0 Å². The molecule has 1 amide bonds. The summed E-state index contributed by atoms with van der Waals surface area (Å²) in [6, 6.07) is 16.9. The molecule has 3 heteroatoms. The molecule has 0 bridgehead atoms. The van der Waals surface area contributed by atoms with Gasteiger partial charge in [-0.25, -0.2) is 5.84 Å². The van der Waals surface area contributed by atoms with Crippen LogP contribution >= 0.6 is 0 Å². The zero-order chi connectivity index (χ0) is 16.1. The zero-order valence-electron chi connectivity index (χ0n) is 13.1. The summed E-state index contributed by atoms with van der Waals surface area (Å²) in [5.41, 5.74) is 2.76. The lowest BCUT2D eigenvalue weighted by Crippen LogP contribution is -2.42. The van der Waals surface area contributed by atoms with Gasteiger partial charge < -0.3 is 0 Å². The Kier molecular flexibility index (Phi) is 5.12. The van der Waals surface area contributed by atoms with Crippen LogP contribution in [0.4, 0.5) is 0 Å². The molecule has 2 atom stereocenters. The number of nitrogens with two attached hydrogens (primary N) is 1. The van der Waals surface area contributed by atoms with Gasteiger partial charge in [-0.2, -0.15) is 0 Å². The maximum Gasteiger partial charge on any atom is 0.268 e. The standard InChI is InChI=1S/C19H22N2O/c1-4-15(3)18(16-12-10-14(2)11-13-16)21(20)19(22)17-8-6-5-7-9-17/h4-13,15,18H,1,20H2,2-3H3/t15-,18-/m1/s1. The summed E-state index contributed by atoms with van der Waals surface area (Å²) in [6.45, 7) is 7.89. The summed E-state index contributed by atoms with van der Waals surface area (Å²) in [4.78, 5) is 12.6. The molecule has 2 N–H and O–H groups in total. The third-order valence-corrected chi connectivity index (χ3v) is 3.84. The number of carbonyl (C=O) groups is 1. The van der Waals surface area contributed by atoms with Crippen LogP contribution in [0, 0.1) is 12.8 Å². The van der Waals surface area contributed by atoms with Crippen molar-refractivity contribution in [3.05, 3.63) is 83.9 Å². The fraction of sp³-hybridized carbons (Fsp3) is 0.211. The second kappa shape index (κ2) is 7.05. The van der Waals surface area contributed by atoms with Crippen LogP contribution < -0.4 is 5.84 Å². The highest BCUT2D eigenvalue weighted by Crippen LogP contribution is 2.28.